The first-order valence-corrected chi connectivity index (χ1v) is 6.69. The second kappa shape index (κ2) is 5.12. The lowest BCUT2D eigenvalue weighted by atomic mass is 10.1. The van der Waals surface area contributed by atoms with Crippen molar-refractivity contribution in [3.63, 3.8) is 0 Å². The van der Waals surface area contributed by atoms with Gasteiger partial charge in [-0.25, -0.2) is 0 Å². The van der Waals surface area contributed by atoms with Gasteiger partial charge in [0.1, 0.15) is 0 Å². The predicted molar refractivity (Wildman–Crippen MR) is 81.7 cm³/mol. The van der Waals surface area contributed by atoms with Crippen molar-refractivity contribution in [1.82, 2.24) is 4.98 Å². The largest absolute Gasteiger partial charge is 0.355 e. The van der Waals surface area contributed by atoms with Crippen molar-refractivity contribution in [2.45, 2.75) is 0 Å². The Hall–Kier alpha value is -1.70. The van der Waals surface area contributed by atoms with Crippen molar-refractivity contribution in [2.75, 3.05) is 0 Å². The lowest BCUT2D eigenvalue weighted by Crippen LogP contribution is -1.79. The predicted octanol–water partition coefficient (Wildman–Crippen LogP) is 5.66. The van der Waals surface area contributed by atoms with Crippen LogP contribution in [0.25, 0.3) is 22.5 Å². The molecule has 0 amide bonds. The molecule has 94 valence electrons. The Morgan fingerprint density at radius 1 is 0.526 bits per heavy atom. The first-order valence-electron chi connectivity index (χ1n) is 5.93. The molecule has 0 bridgehead atoms. The summed E-state index contributed by atoms with van der Waals surface area (Å²) in [7, 11) is 0. The second-order valence-corrected chi connectivity index (χ2v) is 5.17. The van der Waals surface area contributed by atoms with Crippen LogP contribution in [0.2, 0.25) is 10.0 Å². The number of aromatic nitrogens is 1. The fraction of sp³-hybridized carbons (Fsp3) is 0. The molecule has 1 aromatic heterocycles. The van der Waals surface area contributed by atoms with Crippen LogP contribution in [-0.4, -0.2) is 4.98 Å². The molecule has 3 rings (SSSR count). The lowest BCUT2D eigenvalue weighted by molar-refractivity contribution is 1.39. The summed E-state index contributed by atoms with van der Waals surface area (Å²) in [6, 6.07) is 19.7. The van der Waals surface area contributed by atoms with E-state index in [4.69, 9.17) is 23.2 Å². The monoisotopic (exact) mass is 287 g/mol. The summed E-state index contributed by atoms with van der Waals surface area (Å²) >= 11 is 11.8. The highest BCUT2D eigenvalue weighted by Gasteiger charge is 2.03. The van der Waals surface area contributed by atoms with Crippen LogP contribution in [0.5, 0.6) is 0 Å². The Morgan fingerprint density at radius 2 is 0.895 bits per heavy atom. The van der Waals surface area contributed by atoms with Crippen molar-refractivity contribution < 1.29 is 0 Å². The van der Waals surface area contributed by atoms with E-state index < -0.39 is 0 Å². The maximum absolute atomic E-state index is 5.89. The minimum Gasteiger partial charge on any atom is -0.355 e. The van der Waals surface area contributed by atoms with Crippen molar-refractivity contribution in [3.05, 3.63) is 70.7 Å². The molecule has 1 nitrogen and oxygen atoms in total. The average Bonchev–Trinajstić information content (AvgIpc) is 2.90. The van der Waals surface area contributed by atoms with Gasteiger partial charge < -0.3 is 4.98 Å². The Balaban J connectivity index is 1.95. The molecule has 0 radical (unpaired) electrons. The van der Waals surface area contributed by atoms with E-state index in [9.17, 15) is 0 Å². The van der Waals surface area contributed by atoms with Gasteiger partial charge >= 0.3 is 0 Å². The maximum Gasteiger partial charge on any atom is 0.0458 e. The van der Waals surface area contributed by atoms with Gasteiger partial charge in [0.15, 0.2) is 0 Å². The number of H-pyrrole nitrogens is 1. The van der Waals surface area contributed by atoms with E-state index in [2.05, 4.69) is 17.1 Å². The molecule has 0 fully saturated rings. The van der Waals surface area contributed by atoms with Crippen molar-refractivity contribution in [2.24, 2.45) is 0 Å². The molecule has 1 heterocycles. The highest BCUT2D eigenvalue weighted by Crippen LogP contribution is 2.26. The molecule has 0 aliphatic rings. The topological polar surface area (TPSA) is 15.8 Å². The molecular formula is C16H11Cl2N. The smallest absolute Gasteiger partial charge is 0.0458 e. The van der Waals surface area contributed by atoms with Crippen LogP contribution < -0.4 is 0 Å². The van der Waals surface area contributed by atoms with Gasteiger partial charge in [-0.2, -0.15) is 0 Å². The van der Waals surface area contributed by atoms with Crippen LogP contribution in [0.3, 0.4) is 0 Å². The van der Waals surface area contributed by atoms with Crippen molar-refractivity contribution >= 4 is 23.2 Å². The zero-order valence-electron chi connectivity index (χ0n) is 10.0. The summed E-state index contributed by atoms with van der Waals surface area (Å²) in [6.07, 6.45) is 0. The summed E-state index contributed by atoms with van der Waals surface area (Å²) < 4.78 is 0. The minimum absolute atomic E-state index is 0.744. The summed E-state index contributed by atoms with van der Waals surface area (Å²) in [4.78, 5) is 3.40. The highest BCUT2D eigenvalue weighted by atomic mass is 35.5. The molecule has 3 heteroatoms. The van der Waals surface area contributed by atoms with Gasteiger partial charge in [-0.15, -0.1) is 0 Å². The van der Waals surface area contributed by atoms with Crippen LogP contribution in [0.1, 0.15) is 0 Å². The van der Waals surface area contributed by atoms with E-state index in [0.717, 1.165) is 32.6 Å². The first kappa shape index (κ1) is 12.3. The van der Waals surface area contributed by atoms with Crippen LogP contribution in [0, 0.1) is 0 Å². The minimum atomic E-state index is 0.744. The third kappa shape index (κ3) is 2.67. The van der Waals surface area contributed by atoms with Gasteiger partial charge in [-0.3, -0.25) is 0 Å². The second-order valence-electron chi connectivity index (χ2n) is 4.30. The van der Waals surface area contributed by atoms with E-state index in [1.807, 2.05) is 48.5 Å². The molecular weight excluding hydrogens is 277 g/mol. The van der Waals surface area contributed by atoms with E-state index in [1.54, 1.807) is 0 Å². The molecule has 1 N–H and O–H groups in total. The van der Waals surface area contributed by atoms with Crippen LogP contribution in [0.4, 0.5) is 0 Å². The van der Waals surface area contributed by atoms with E-state index in [0.29, 0.717) is 0 Å². The van der Waals surface area contributed by atoms with E-state index in [-0.39, 0.29) is 0 Å². The summed E-state index contributed by atoms with van der Waals surface area (Å²) in [5, 5.41) is 1.49. The number of aromatic amines is 1. The maximum atomic E-state index is 5.89. The van der Waals surface area contributed by atoms with E-state index in [1.165, 1.54) is 0 Å². The lowest BCUT2D eigenvalue weighted by Gasteiger charge is -2.00. The van der Waals surface area contributed by atoms with Gasteiger partial charge in [-0.1, -0.05) is 47.5 Å². The molecule has 19 heavy (non-hydrogen) atoms. The number of hydrogen-bond donors (Lipinski definition) is 1. The molecule has 0 saturated carbocycles. The molecule has 2 aromatic carbocycles. The Bertz CT molecular complexity index is 622. The van der Waals surface area contributed by atoms with Gasteiger partial charge in [0.2, 0.25) is 0 Å². The number of halogens is 2. The molecule has 0 unspecified atom stereocenters. The number of benzene rings is 2. The number of nitrogens with one attached hydrogen (secondary N) is 1. The summed E-state index contributed by atoms with van der Waals surface area (Å²) in [5.41, 5.74) is 4.37. The first-order chi connectivity index (χ1) is 9.22. The quantitative estimate of drug-likeness (QED) is 0.626. The molecule has 3 aromatic rings. The highest BCUT2D eigenvalue weighted by molar-refractivity contribution is 6.30. The average molecular weight is 288 g/mol. The van der Waals surface area contributed by atoms with Crippen LogP contribution in [-0.2, 0) is 0 Å². The molecule has 0 atom stereocenters. The Kier molecular flexibility index (Phi) is 3.33. The Labute approximate surface area is 121 Å². The standard InChI is InChI=1S/C16H11Cl2N/c17-13-5-1-11(2-6-13)15-9-10-16(19-15)12-3-7-14(18)8-4-12/h1-10,19H. The molecule has 0 aliphatic carbocycles. The normalized spacial score (nSPS) is 10.6. The van der Waals surface area contributed by atoms with Gasteiger partial charge in [0.05, 0.1) is 0 Å². The van der Waals surface area contributed by atoms with E-state index >= 15 is 0 Å². The number of rotatable bonds is 2. The fourth-order valence-corrected chi connectivity index (χ4v) is 2.24. The van der Waals surface area contributed by atoms with Crippen molar-refractivity contribution in [1.29, 1.82) is 0 Å². The van der Waals surface area contributed by atoms with Crippen LogP contribution >= 0.6 is 23.2 Å². The molecule has 0 aliphatic heterocycles. The third-order valence-electron chi connectivity index (χ3n) is 3.00. The summed E-state index contributed by atoms with van der Waals surface area (Å²) in [6.45, 7) is 0. The molecule has 0 saturated heterocycles. The zero-order chi connectivity index (χ0) is 13.2. The Morgan fingerprint density at radius 3 is 1.26 bits per heavy atom. The van der Waals surface area contributed by atoms with Gasteiger partial charge in [-0.05, 0) is 47.5 Å². The third-order valence-corrected chi connectivity index (χ3v) is 3.50. The van der Waals surface area contributed by atoms with Crippen molar-refractivity contribution in [3.8, 4) is 22.5 Å². The SMILES string of the molecule is Clc1ccc(-c2ccc(-c3ccc(Cl)cc3)[nH]2)cc1. The van der Waals surface area contributed by atoms with Gasteiger partial charge in [0.25, 0.3) is 0 Å². The fourth-order valence-electron chi connectivity index (χ4n) is 1.99. The summed E-state index contributed by atoms with van der Waals surface area (Å²) in [5.74, 6) is 0. The molecule has 0 spiro atoms. The van der Waals surface area contributed by atoms with Gasteiger partial charge in [0, 0.05) is 21.4 Å². The van der Waals surface area contributed by atoms with Crippen LogP contribution in [0.15, 0.2) is 60.7 Å². The zero-order valence-corrected chi connectivity index (χ0v) is 11.5. The number of hydrogen-bond acceptors (Lipinski definition) is 0.